The second-order valence-electron chi connectivity index (χ2n) is 18.2. The maximum atomic E-state index is 14.1. The molecule has 5 amide bonds. The van der Waals surface area contributed by atoms with Crippen LogP contribution >= 0.6 is 11.8 Å². The number of carbonyl (C=O) groups is 5. The SMILES string of the molecule is CSCC[C@H](C(=O)NCC(=O)N[C@@H](Cc1ccccc1)C(=O)NC1C2CC3CC(C2)CC1C3)N(C(=O)OC(C)(C)C)C(=O)[C@@H](N)Cc1ccc(C(C)(C)C)cc1. The number of nitrogens with zero attached hydrogens (tertiary/aromatic N) is 1. The molecule has 306 valence electrons. The minimum Gasteiger partial charge on any atom is -0.443 e. The molecule has 0 heterocycles. The first-order chi connectivity index (χ1) is 26.4. The number of ether oxygens (including phenoxy) is 1. The van der Waals surface area contributed by atoms with Crippen LogP contribution in [0, 0.1) is 23.7 Å². The highest BCUT2D eigenvalue weighted by molar-refractivity contribution is 7.98. The van der Waals surface area contributed by atoms with Crippen molar-refractivity contribution in [2.24, 2.45) is 29.4 Å². The number of hydrogen-bond acceptors (Lipinski definition) is 8. The molecule has 0 spiro atoms. The topological polar surface area (TPSA) is 160 Å². The van der Waals surface area contributed by atoms with Crippen molar-refractivity contribution in [2.75, 3.05) is 18.6 Å². The Morgan fingerprint density at radius 2 is 1.41 bits per heavy atom. The number of nitrogens with one attached hydrogen (secondary N) is 3. The lowest BCUT2D eigenvalue weighted by atomic mass is 9.54. The molecule has 0 saturated heterocycles. The summed E-state index contributed by atoms with van der Waals surface area (Å²) in [4.78, 5) is 70.1. The van der Waals surface area contributed by atoms with Crippen molar-refractivity contribution >= 4 is 41.5 Å². The van der Waals surface area contributed by atoms with Crippen LogP contribution in [-0.4, -0.2) is 82.9 Å². The third kappa shape index (κ3) is 11.6. The summed E-state index contributed by atoms with van der Waals surface area (Å²) in [6.45, 7) is 10.9. The van der Waals surface area contributed by atoms with Gasteiger partial charge in [-0.1, -0.05) is 75.4 Å². The number of rotatable bonds is 15. The van der Waals surface area contributed by atoms with E-state index in [9.17, 15) is 24.0 Å². The molecule has 3 atom stereocenters. The fourth-order valence-corrected chi connectivity index (χ4v) is 9.42. The normalized spacial score (nSPS) is 23.0. The summed E-state index contributed by atoms with van der Waals surface area (Å²) < 4.78 is 5.64. The number of nitrogens with two attached hydrogens (primary N) is 1. The van der Waals surface area contributed by atoms with E-state index in [1.165, 1.54) is 18.2 Å². The van der Waals surface area contributed by atoms with E-state index in [0.717, 1.165) is 59.1 Å². The molecule has 12 heteroatoms. The Morgan fingerprint density at radius 1 is 0.821 bits per heavy atom. The lowest BCUT2D eigenvalue weighted by molar-refractivity contribution is -0.141. The molecule has 4 aliphatic carbocycles. The Morgan fingerprint density at radius 3 is 1.96 bits per heavy atom. The first-order valence-corrected chi connectivity index (χ1v) is 21.6. The molecule has 0 aliphatic heterocycles. The van der Waals surface area contributed by atoms with Crippen LogP contribution in [0.1, 0.15) is 96.8 Å². The van der Waals surface area contributed by atoms with Crippen molar-refractivity contribution in [3.05, 3.63) is 71.3 Å². The highest BCUT2D eigenvalue weighted by Gasteiger charge is 2.49. The maximum Gasteiger partial charge on any atom is 0.417 e. The lowest BCUT2D eigenvalue weighted by Gasteiger charge is -2.54. The Hall–Kier alpha value is -3.90. The average Bonchev–Trinajstić information content (AvgIpc) is 3.12. The van der Waals surface area contributed by atoms with E-state index in [1.54, 1.807) is 20.8 Å². The quantitative estimate of drug-likeness (QED) is 0.184. The summed E-state index contributed by atoms with van der Waals surface area (Å²) in [5, 5.41) is 8.87. The van der Waals surface area contributed by atoms with E-state index in [0.29, 0.717) is 17.6 Å². The first-order valence-electron chi connectivity index (χ1n) is 20.2. The fourth-order valence-electron chi connectivity index (χ4n) is 8.96. The molecule has 2 aromatic rings. The number of amides is 5. The van der Waals surface area contributed by atoms with E-state index in [-0.39, 0.29) is 36.6 Å². The van der Waals surface area contributed by atoms with Crippen molar-refractivity contribution in [1.82, 2.24) is 20.9 Å². The molecule has 4 fully saturated rings. The Labute approximate surface area is 337 Å². The summed E-state index contributed by atoms with van der Waals surface area (Å²) in [6, 6.07) is 14.1. The van der Waals surface area contributed by atoms with E-state index in [2.05, 4.69) is 36.7 Å². The molecular weight excluding hydrogens is 727 g/mol. The van der Waals surface area contributed by atoms with E-state index < -0.39 is 54.1 Å². The van der Waals surface area contributed by atoms with Crippen molar-refractivity contribution in [3.8, 4) is 0 Å². The summed E-state index contributed by atoms with van der Waals surface area (Å²) in [5.74, 6) is 0.652. The third-order valence-electron chi connectivity index (χ3n) is 11.5. The third-order valence-corrected chi connectivity index (χ3v) is 12.2. The van der Waals surface area contributed by atoms with Gasteiger partial charge in [0.05, 0.1) is 12.6 Å². The Balaban J connectivity index is 1.28. The molecule has 0 aromatic heterocycles. The van der Waals surface area contributed by atoms with Crippen molar-refractivity contribution in [1.29, 1.82) is 0 Å². The van der Waals surface area contributed by atoms with Crippen LogP contribution in [0.3, 0.4) is 0 Å². The Kier molecular flexibility index (Phi) is 14.3. The molecule has 4 aliphatic rings. The van der Waals surface area contributed by atoms with Crippen LogP contribution in [0.15, 0.2) is 54.6 Å². The summed E-state index contributed by atoms with van der Waals surface area (Å²) in [7, 11) is 0. The molecular formula is C44H63N5O6S. The van der Waals surface area contributed by atoms with Gasteiger partial charge in [0.1, 0.15) is 17.7 Å². The molecule has 2 aromatic carbocycles. The van der Waals surface area contributed by atoms with Crippen LogP contribution in [0.5, 0.6) is 0 Å². The number of benzene rings is 2. The second kappa shape index (κ2) is 18.6. The summed E-state index contributed by atoms with van der Waals surface area (Å²) in [5.41, 5.74) is 8.29. The van der Waals surface area contributed by atoms with Crippen molar-refractivity contribution in [3.63, 3.8) is 0 Å². The lowest BCUT2D eigenvalue weighted by Crippen LogP contribution is -2.60. The van der Waals surface area contributed by atoms with Gasteiger partial charge in [-0.3, -0.25) is 19.2 Å². The van der Waals surface area contributed by atoms with Crippen LogP contribution < -0.4 is 21.7 Å². The number of carbonyl (C=O) groups excluding carboxylic acids is 5. The zero-order valence-corrected chi connectivity index (χ0v) is 35.1. The zero-order chi connectivity index (χ0) is 40.8. The van der Waals surface area contributed by atoms with Crippen LogP contribution in [0.25, 0.3) is 0 Å². The van der Waals surface area contributed by atoms with Gasteiger partial charge >= 0.3 is 6.09 Å². The van der Waals surface area contributed by atoms with E-state index in [4.69, 9.17) is 10.5 Å². The standard InChI is InChI=1S/C44H63N5O6S/c1-43(2,3)33-15-13-28(14-16-33)24-34(45)41(53)49(42(54)55-44(4,5)6)36(17-18-56-7)40(52)46-26-37(50)47-35(25-27-11-9-8-10-12-27)39(51)48-38-31-20-29-19-30(22-31)23-32(38)21-29/h8-16,29-32,34-36,38H,17-26,45H2,1-7H3,(H,46,52)(H,47,50)(H,48,51)/t29?,30?,31?,32?,34-,35-,36+,38?/m0/s1. The molecule has 0 unspecified atom stereocenters. The van der Waals surface area contributed by atoms with Gasteiger partial charge in [0.15, 0.2) is 0 Å². The van der Waals surface area contributed by atoms with Gasteiger partial charge in [-0.2, -0.15) is 11.8 Å². The summed E-state index contributed by atoms with van der Waals surface area (Å²) in [6.07, 6.45) is 7.30. The van der Waals surface area contributed by atoms with Gasteiger partial charge in [-0.05, 0) is 124 Å². The highest BCUT2D eigenvalue weighted by atomic mass is 32.2. The maximum absolute atomic E-state index is 14.1. The zero-order valence-electron chi connectivity index (χ0n) is 34.3. The van der Waals surface area contributed by atoms with Crippen LogP contribution in [0.4, 0.5) is 4.79 Å². The van der Waals surface area contributed by atoms with Gasteiger partial charge in [0.2, 0.25) is 23.6 Å². The molecule has 11 nitrogen and oxygen atoms in total. The molecule has 6 rings (SSSR count). The minimum atomic E-state index is -1.30. The van der Waals surface area contributed by atoms with E-state index in [1.807, 2.05) is 60.9 Å². The van der Waals surface area contributed by atoms with Crippen LogP contribution in [-0.2, 0) is 42.2 Å². The van der Waals surface area contributed by atoms with Crippen molar-refractivity contribution in [2.45, 2.75) is 128 Å². The number of thioether (sulfide) groups is 1. The van der Waals surface area contributed by atoms with Gasteiger partial charge in [0, 0.05) is 12.5 Å². The first kappa shape index (κ1) is 43.2. The van der Waals surface area contributed by atoms with Gasteiger partial charge in [-0.15, -0.1) is 0 Å². The predicted octanol–water partition coefficient (Wildman–Crippen LogP) is 5.52. The predicted molar refractivity (Wildman–Crippen MR) is 221 cm³/mol. The molecule has 4 bridgehead atoms. The number of imide groups is 1. The second-order valence-corrected chi connectivity index (χ2v) is 19.2. The smallest absolute Gasteiger partial charge is 0.417 e. The van der Waals surface area contributed by atoms with Gasteiger partial charge in [-0.25, -0.2) is 9.69 Å². The monoisotopic (exact) mass is 789 g/mol. The summed E-state index contributed by atoms with van der Waals surface area (Å²) >= 11 is 1.45. The average molecular weight is 790 g/mol. The largest absolute Gasteiger partial charge is 0.443 e. The van der Waals surface area contributed by atoms with Crippen molar-refractivity contribution < 1.29 is 28.7 Å². The minimum absolute atomic E-state index is 0.0533. The van der Waals surface area contributed by atoms with E-state index >= 15 is 0 Å². The molecule has 56 heavy (non-hydrogen) atoms. The Bertz CT molecular complexity index is 1660. The number of hydrogen-bond donors (Lipinski definition) is 4. The van der Waals surface area contributed by atoms with Crippen LogP contribution in [0.2, 0.25) is 0 Å². The highest BCUT2D eigenvalue weighted by Crippen LogP contribution is 2.53. The molecule has 5 N–H and O–H groups in total. The molecule has 0 radical (unpaired) electrons. The van der Waals surface area contributed by atoms with Gasteiger partial charge in [0.25, 0.3) is 0 Å². The molecule has 4 saturated carbocycles. The van der Waals surface area contributed by atoms with Gasteiger partial charge < -0.3 is 26.4 Å². The fraction of sp³-hybridized carbons (Fsp3) is 0.614.